The van der Waals surface area contributed by atoms with Crippen LogP contribution in [0, 0.1) is 6.57 Å². The molecule has 0 saturated carbocycles. The van der Waals surface area contributed by atoms with Gasteiger partial charge in [-0.15, -0.1) is 0 Å². The summed E-state index contributed by atoms with van der Waals surface area (Å²) in [5.74, 6) is -0.0790. The van der Waals surface area contributed by atoms with Gasteiger partial charge in [0.2, 0.25) is 5.69 Å². The van der Waals surface area contributed by atoms with Crippen molar-refractivity contribution in [3.8, 4) is 17.0 Å². The van der Waals surface area contributed by atoms with E-state index in [1.54, 1.807) is 6.07 Å². The lowest BCUT2D eigenvalue weighted by atomic mass is 10.1. The molecule has 2 rings (SSSR count). The predicted octanol–water partition coefficient (Wildman–Crippen LogP) is 3.00. The molecule has 0 unspecified atom stereocenters. The summed E-state index contributed by atoms with van der Waals surface area (Å²) in [5.41, 5.74) is 1.85. The van der Waals surface area contributed by atoms with Crippen molar-refractivity contribution in [1.29, 1.82) is 0 Å². The number of rotatable bonds is 1. The van der Waals surface area contributed by atoms with Gasteiger partial charge in [-0.05, 0) is 11.6 Å². The summed E-state index contributed by atoms with van der Waals surface area (Å²) in [7, 11) is 0. The Labute approximate surface area is 87.5 Å². The van der Waals surface area contributed by atoms with Crippen LogP contribution in [0.25, 0.3) is 16.1 Å². The SMILES string of the molecule is [C-]#[N+]c1cc(-c2ccccc2)ncc1O. The molecule has 0 aliphatic rings. The topological polar surface area (TPSA) is 37.5 Å². The molecule has 0 aliphatic carbocycles. The van der Waals surface area contributed by atoms with Gasteiger partial charge in [0.05, 0.1) is 18.5 Å². The number of hydrogen-bond acceptors (Lipinski definition) is 2. The number of aromatic hydroxyl groups is 1. The van der Waals surface area contributed by atoms with Crippen LogP contribution in [0.5, 0.6) is 5.75 Å². The van der Waals surface area contributed by atoms with Crippen molar-refractivity contribution in [2.45, 2.75) is 0 Å². The number of benzene rings is 1. The summed E-state index contributed by atoms with van der Waals surface area (Å²) >= 11 is 0. The molecular formula is C12H8N2O. The fourth-order valence-corrected chi connectivity index (χ4v) is 1.29. The molecule has 0 aliphatic heterocycles. The first kappa shape index (κ1) is 9.22. The van der Waals surface area contributed by atoms with Crippen LogP contribution in [0.15, 0.2) is 42.6 Å². The lowest BCUT2D eigenvalue weighted by Crippen LogP contribution is -1.81. The van der Waals surface area contributed by atoms with Gasteiger partial charge < -0.3 is 5.11 Å². The van der Waals surface area contributed by atoms with Gasteiger partial charge in [-0.1, -0.05) is 30.3 Å². The predicted molar refractivity (Wildman–Crippen MR) is 57.6 cm³/mol. The first-order chi connectivity index (χ1) is 7.31. The molecule has 1 heterocycles. The van der Waals surface area contributed by atoms with Crippen molar-refractivity contribution in [1.82, 2.24) is 4.98 Å². The lowest BCUT2D eigenvalue weighted by molar-refractivity contribution is 0.476. The number of pyridine rings is 1. The van der Waals surface area contributed by atoms with E-state index >= 15 is 0 Å². The van der Waals surface area contributed by atoms with E-state index in [0.717, 1.165) is 5.56 Å². The van der Waals surface area contributed by atoms with Crippen molar-refractivity contribution >= 4 is 5.69 Å². The minimum absolute atomic E-state index is 0.0790. The van der Waals surface area contributed by atoms with E-state index in [1.807, 2.05) is 30.3 Å². The van der Waals surface area contributed by atoms with Crippen molar-refractivity contribution in [3.05, 3.63) is 54.0 Å². The Morgan fingerprint density at radius 3 is 2.60 bits per heavy atom. The normalized spacial score (nSPS) is 9.53. The van der Waals surface area contributed by atoms with E-state index in [0.29, 0.717) is 5.69 Å². The van der Waals surface area contributed by atoms with Gasteiger partial charge >= 0.3 is 0 Å². The van der Waals surface area contributed by atoms with Gasteiger partial charge in [0.15, 0.2) is 0 Å². The highest BCUT2D eigenvalue weighted by Gasteiger charge is 2.04. The highest BCUT2D eigenvalue weighted by molar-refractivity contribution is 5.67. The molecule has 0 atom stereocenters. The van der Waals surface area contributed by atoms with Crippen molar-refractivity contribution < 1.29 is 5.11 Å². The highest BCUT2D eigenvalue weighted by atomic mass is 16.3. The molecule has 3 nitrogen and oxygen atoms in total. The Morgan fingerprint density at radius 1 is 1.20 bits per heavy atom. The lowest BCUT2D eigenvalue weighted by Gasteiger charge is -2.01. The molecule has 0 amide bonds. The molecule has 3 heteroatoms. The van der Waals surface area contributed by atoms with E-state index in [9.17, 15) is 5.11 Å². The van der Waals surface area contributed by atoms with Crippen LogP contribution in [-0.2, 0) is 0 Å². The van der Waals surface area contributed by atoms with Gasteiger partial charge in [-0.2, -0.15) is 0 Å². The summed E-state index contributed by atoms with van der Waals surface area (Å²) in [6, 6.07) is 11.1. The van der Waals surface area contributed by atoms with Crippen LogP contribution >= 0.6 is 0 Å². The molecule has 0 saturated heterocycles. The van der Waals surface area contributed by atoms with E-state index in [-0.39, 0.29) is 11.4 Å². The first-order valence-corrected chi connectivity index (χ1v) is 4.43. The summed E-state index contributed by atoms with van der Waals surface area (Å²) in [4.78, 5) is 7.28. The maximum Gasteiger partial charge on any atom is 0.231 e. The average Bonchev–Trinajstić information content (AvgIpc) is 2.31. The van der Waals surface area contributed by atoms with Crippen LogP contribution < -0.4 is 0 Å². The monoisotopic (exact) mass is 196 g/mol. The molecule has 0 spiro atoms. The molecule has 0 radical (unpaired) electrons. The van der Waals surface area contributed by atoms with Crippen LogP contribution in [0.4, 0.5) is 5.69 Å². The van der Waals surface area contributed by atoms with Crippen LogP contribution in [0.3, 0.4) is 0 Å². The van der Waals surface area contributed by atoms with Gasteiger partial charge in [0, 0.05) is 0 Å². The Balaban J connectivity index is 2.52. The van der Waals surface area contributed by atoms with Gasteiger partial charge in [-0.3, -0.25) is 4.98 Å². The first-order valence-electron chi connectivity index (χ1n) is 4.43. The maximum atomic E-state index is 9.31. The average molecular weight is 196 g/mol. The highest BCUT2D eigenvalue weighted by Crippen LogP contribution is 2.29. The molecular weight excluding hydrogens is 188 g/mol. The number of hydrogen-bond donors (Lipinski definition) is 1. The van der Waals surface area contributed by atoms with Crippen molar-refractivity contribution in [3.63, 3.8) is 0 Å². The van der Waals surface area contributed by atoms with Gasteiger partial charge in [0.1, 0.15) is 5.75 Å². The Bertz CT molecular complexity index is 515. The maximum absolute atomic E-state index is 9.31. The number of nitrogens with zero attached hydrogens (tertiary/aromatic N) is 2. The molecule has 2 aromatic rings. The largest absolute Gasteiger partial charge is 0.517 e. The summed E-state index contributed by atoms with van der Waals surface area (Å²) in [6.45, 7) is 6.88. The van der Waals surface area contributed by atoms with Gasteiger partial charge in [-0.25, -0.2) is 4.85 Å². The zero-order chi connectivity index (χ0) is 10.7. The Hall–Kier alpha value is -2.34. The summed E-state index contributed by atoms with van der Waals surface area (Å²) in [6.07, 6.45) is 1.30. The second-order valence-electron chi connectivity index (χ2n) is 3.04. The molecule has 15 heavy (non-hydrogen) atoms. The fourth-order valence-electron chi connectivity index (χ4n) is 1.29. The molecule has 1 aromatic heterocycles. The van der Waals surface area contributed by atoms with Crippen LogP contribution in [0.1, 0.15) is 0 Å². The van der Waals surface area contributed by atoms with E-state index in [2.05, 4.69) is 9.83 Å². The second-order valence-corrected chi connectivity index (χ2v) is 3.04. The standard InChI is InChI=1S/C12H8N2O/c1-13-11-7-10(14-8-12(11)15)9-5-3-2-4-6-9/h2-8,15H. The minimum atomic E-state index is -0.0790. The molecule has 0 bridgehead atoms. The second kappa shape index (κ2) is 3.81. The van der Waals surface area contributed by atoms with E-state index < -0.39 is 0 Å². The smallest absolute Gasteiger partial charge is 0.231 e. The molecule has 1 N–H and O–H groups in total. The van der Waals surface area contributed by atoms with E-state index in [1.165, 1.54) is 6.20 Å². The Kier molecular flexibility index (Phi) is 2.34. The third-order valence-corrected chi connectivity index (χ3v) is 2.05. The zero-order valence-corrected chi connectivity index (χ0v) is 7.88. The quantitative estimate of drug-likeness (QED) is 0.712. The third-order valence-electron chi connectivity index (χ3n) is 2.05. The fraction of sp³-hybridized carbons (Fsp3) is 0. The summed E-state index contributed by atoms with van der Waals surface area (Å²) in [5, 5.41) is 9.31. The van der Waals surface area contributed by atoms with Gasteiger partial charge in [0.25, 0.3) is 0 Å². The van der Waals surface area contributed by atoms with Crippen LogP contribution in [-0.4, -0.2) is 10.1 Å². The van der Waals surface area contributed by atoms with Crippen LogP contribution in [0.2, 0.25) is 0 Å². The molecule has 0 fully saturated rings. The molecule has 1 aromatic carbocycles. The van der Waals surface area contributed by atoms with E-state index in [4.69, 9.17) is 6.57 Å². The Morgan fingerprint density at radius 2 is 1.93 bits per heavy atom. The summed E-state index contributed by atoms with van der Waals surface area (Å²) < 4.78 is 0. The van der Waals surface area contributed by atoms with Crippen molar-refractivity contribution in [2.75, 3.05) is 0 Å². The third kappa shape index (κ3) is 1.79. The minimum Gasteiger partial charge on any atom is -0.517 e. The zero-order valence-electron chi connectivity index (χ0n) is 7.88. The van der Waals surface area contributed by atoms with Crippen molar-refractivity contribution in [2.24, 2.45) is 0 Å². The molecule has 72 valence electrons. The number of aromatic nitrogens is 1.